The van der Waals surface area contributed by atoms with Gasteiger partial charge in [0.1, 0.15) is 0 Å². The second kappa shape index (κ2) is 7.74. The summed E-state index contributed by atoms with van der Waals surface area (Å²) in [5, 5.41) is 8.07. The van der Waals surface area contributed by atoms with Crippen LogP contribution in [0.25, 0.3) is 72.0 Å². The molecule has 4 heteroatoms. The van der Waals surface area contributed by atoms with Crippen LogP contribution in [0.2, 0.25) is 0 Å². The fourth-order valence-corrected chi connectivity index (χ4v) is 9.65. The third-order valence-electron chi connectivity index (χ3n) is 7.05. The molecule has 36 heavy (non-hydrogen) atoms. The summed E-state index contributed by atoms with van der Waals surface area (Å²) in [6.07, 6.45) is 0. The van der Waals surface area contributed by atoms with Crippen LogP contribution in [0.15, 0.2) is 84.9 Å². The van der Waals surface area contributed by atoms with E-state index in [2.05, 4.69) is 98.8 Å². The Morgan fingerprint density at radius 2 is 0.889 bits per heavy atom. The predicted molar refractivity (Wildman–Crippen MR) is 166 cm³/mol. The van der Waals surface area contributed by atoms with Crippen molar-refractivity contribution in [3.05, 3.63) is 94.7 Å². The molecule has 0 fully saturated rings. The number of hydrogen-bond acceptors (Lipinski definition) is 4. The van der Waals surface area contributed by atoms with Gasteiger partial charge in [-0.1, -0.05) is 24.3 Å². The van der Waals surface area contributed by atoms with Crippen molar-refractivity contribution in [2.75, 3.05) is 0 Å². The lowest BCUT2D eigenvalue weighted by atomic mass is 10.0. The summed E-state index contributed by atoms with van der Waals surface area (Å²) in [7, 11) is 0. The third-order valence-corrected chi connectivity index (χ3v) is 11.6. The van der Waals surface area contributed by atoms with Crippen molar-refractivity contribution < 1.29 is 0 Å². The van der Waals surface area contributed by atoms with Crippen LogP contribution in [0.5, 0.6) is 0 Å². The highest BCUT2D eigenvalue weighted by molar-refractivity contribution is 7.36. The average molecular weight is 533 g/mol. The van der Waals surface area contributed by atoms with E-state index in [9.17, 15) is 0 Å². The van der Waals surface area contributed by atoms with Crippen molar-refractivity contribution >= 4 is 96.5 Å². The molecule has 8 aromatic rings. The van der Waals surface area contributed by atoms with E-state index < -0.39 is 0 Å². The molecule has 0 bridgehead atoms. The van der Waals surface area contributed by atoms with E-state index in [0.717, 1.165) is 0 Å². The molecule has 0 aliphatic carbocycles. The van der Waals surface area contributed by atoms with E-state index >= 15 is 0 Å². The molecule has 0 saturated carbocycles. The van der Waals surface area contributed by atoms with Crippen molar-refractivity contribution in [3.8, 4) is 20.9 Å². The molecular formula is C32H20S4. The summed E-state index contributed by atoms with van der Waals surface area (Å²) in [5.41, 5.74) is 2.62. The van der Waals surface area contributed by atoms with Crippen LogP contribution >= 0.6 is 45.3 Å². The Labute approximate surface area is 224 Å². The Morgan fingerprint density at radius 1 is 0.417 bits per heavy atom. The minimum absolute atomic E-state index is 1.31. The van der Waals surface area contributed by atoms with Crippen molar-refractivity contribution in [1.29, 1.82) is 0 Å². The molecule has 8 rings (SSSR count). The van der Waals surface area contributed by atoms with Gasteiger partial charge in [-0.3, -0.25) is 0 Å². The monoisotopic (exact) mass is 532 g/mol. The second-order valence-electron chi connectivity index (χ2n) is 9.50. The highest BCUT2D eigenvalue weighted by Gasteiger charge is 2.15. The number of thiophene rings is 4. The molecule has 0 saturated heterocycles. The molecule has 0 aliphatic rings. The maximum absolute atomic E-state index is 2.40. The third kappa shape index (κ3) is 3.22. The maximum atomic E-state index is 2.40. The first-order chi connectivity index (χ1) is 17.6. The topological polar surface area (TPSA) is 0 Å². The minimum Gasteiger partial charge on any atom is -0.141 e. The smallest absolute Gasteiger partial charge is 0.0542 e. The first kappa shape index (κ1) is 21.1. The number of fused-ring (bicyclic) bond motifs is 7. The minimum atomic E-state index is 1.31. The number of benzene rings is 4. The van der Waals surface area contributed by atoms with E-state index in [1.54, 1.807) is 0 Å². The normalized spacial score (nSPS) is 12.2. The standard InChI is InChI=1S/C32H20S4/c1-17-3-9-27(33-17)21-7-5-19-13-25-29(15-23(19)11-21)35-32-26-14-20-6-8-22(28-10-4-18(2)34-28)12-24(20)16-30(26)36-31(25)32/h3-16H,1-2H3. The van der Waals surface area contributed by atoms with Crippen LogP contribution in [0.1, 0.15) is 9.75 Å². The van der Waals surface area contributed by atoms with Crippen LogP contribution in [-0.2, 0) is 0 Å². The molecule has 0 amide bonds. The van der Waals surface area contributed by atoms with Gasteiger partial charge in [0.25, 0.3) is 0 Å². The fraction of sp³-hybridized carbons (Fsp3) is 0.0625. The zero-order valence-corrected chi connectivity index (χ0v) is 23.0. The summed E-state index contributed by atoms with van der Waals surface area (Å²) >= 11 is 7.62. The number of aryl methyl sites for hydroxylation is 2. The zero-order chi connectivity index (χ0) is 24.0. The van der Waals surface area contributed by atoms with Crippen molar-refractivity contribution in [1.82, 2.24) is 0 Å². The molecule has 0 N–H and O–H groups in total. The molecule has 0 spiro atoms. The average Bonchev–Trinajstić information content (AvgIpc) is 3.65. The summed E-state index contributed by atoms with van der Waals surface area (Å²) in [6, 6.07) is 32.3. The Balaban J connectivity index is 1.30. The first-order valence-corrected chi connectivity index (χ1v) is 15.3. The highest BCUT2D eigenvalue weighted by atomic mass is 32.1. The maximum Gasteiger partial charge on any atom is 0.0542 e. The van der Waals surface area contributed by atoms with Gasteiger partial charge in [0, 0.05) is 39.7 Å². The second-order valence-corrected chi connectivity index (χ2v) is 14.2. The first-order valence-electron chi connectivity index (χ1n) is 12.0. The number of hydrogen-bond donors (Lipinski definition) is 0. The van der Waals surface area contributed by atoms with E-state index in [1.165, 1.54) is 81.8 Å². The van der Waals surface area contributed by atoms with Crippen LogP contribution < -0.4 is 0 Å². The molecule has 4 heterocycles. The van der Waals surface area contributed by atoms with Crippen molar-refractivity contribution in [2.45, 2.75) is 13.8 Å². The Kier molecular flexibility index (Phi) is 4.54. The summed E-state index contributed by atoms with van der Waals surface area (Å²) in [6.45, 7) is 4.35. The van der Waals surface area contributed by atoms with Gasteiger partial charge in [-0.05, 0) is 107 Å². The molecule has 0 unspecified atom stereocenters. The van der Waals surface area contributed by atoms with Gasteiger partial charge >= 0.3 is 0 Å². The molecule has 4 aromatic heterocycles. The van der Waals surface area contributed by atoms with Crippen LogP contribution in [0.3, 0.4) is 0 Å². The van der Waals surface area contributed by atoms with Gasteiger partial charge in [0.2, 0.25) is 0 Å². The van der Waals surface area contributed by atoms with Gasteiger partial charge in [0.15, 0.2) is 0 Å². The summed E-state index contributed by atoms with van der Waals surface area (Å²) < 4.78 is 5.62. The Bertz CT molecular complexity index is 1970. The molecular weight excluding hydrogens is 513 g/mol. The SMILES string of the molecule is Cc1ccc(-c2ccc3cc4c(cc3c2)sc2c3cc5ccc(-c6ccc(C)s6)cc5cc3sc42)s1. The summed E-state index contributed by atoms with van der Waals surface area (Å²) in [4.78, 5) is 5.40. The quantitative estimate of drug-likeness (QED) is 0.208. The van der Waals surface area contributed by atoms with Gasteiger partial charge < -0.3 is 0 Å². The molecule has 4 aromatic carbocycles. The lowest BCUT2D eigenvalue weighted by Crippen LogP contribution is -1.76. The van der Waals surface area contributed by atoms with Gasteiger partial charge in [-0.25, -0.2) is 0 Å². The fourth-order valence-electron chi connectivity index (χ4n) is 5.23. The highest BCUT2D eigenvalue weighted by Crippen LogP contribution is 2.47. The van der Waals surface area contributed by atoms with Gasteiger partial charge in [-0.2, -0.15) is 0 Å². The van der Waals surface area contributed by atoms with Crippen molar-refractivity contribution in [2.24, 2.45) is 0 Å². The molecule has 172 valence electrons. The molecule has 0 radical (unpaired) electrons. The molecule has 0 atom stereocenters. The van der Waals surface area contributed by atoms with E-state index in [1.807, 2.05) is 45.3 Å². The lowest BCUT2D eigenvalue weighted by molar-refractivity contribution is 1.64. The lowest BCUT2D eigenvalue weighted by Gasteiger charge is -2.03. The number of rotatable bonds is 2. The van der Waals surface area contributed by atoms with Crippen molar-refractivity contribution in [3.63, 3.8) is 0 Å². The van der Waals surface area contributed by atoms with Crippen LogP contribution in [0, 0.1) is 13.8 Å². The zero-order valence-electron chi connectivity index (χ0n) is 19.7. The molecule has 0 nitrogen and oxygen atoms in total. The van der Waals surface area contributed by atoms with E-state index in [-0.39, 0.29) is 0 Å². The van der Waals surface area contributed by atoms with Gasteiger partial charge in [-0.15, -0.1) is 45.3 Å². The van der Waals surface area contributed by atoms with Crippen LogP contribution in [-0.4, -0.2) is 0 Å². The summed E-state index contributed by atoms with van der Waals surface area (Å²) in [5.74, 6) is 0. The van der Waals surface area contributed by atoms with Gasteiger partial charge in [0.05, 0.1) is 9.40 Å². The van der Waals surface area contributed by atoms with E-state index in [4.69, 9.17) is 0 Å². The Hall–Kier alpha value is -3.02. The Morgan fingerprint density at radius 3 is 1.31 bits per heavy atom. The van der Waals surface area contributed by atoms with Crippen LogP contribution in [0.4, 0.5) is 0 Å². The largest absolute Gasteiger partial charge is 0.141 e. The molecule has 0 aliphatic heterocycles. The predicted octanol–water partition coefficient (Wildman–Crippen LogP) is 11.6. The van der Waals surface area contributed by atoms with E-state index in [0.29, 0.717) is 0 Å².